The van der Waals surface area contributed by atoms with E-state index in [1.54, 1.807) is 0 Å². The van der Waals surface area contributed by atoms with Gasteiger partial charge < -0.3 is 4.90 Å². The highest BCUT2D eigenvalue weighted by molar-refractivity contribution is 5.56. The lowest BCUT2D eigenvalue weighted by Crippen LogP contribution is -2.41. The van der Waals surface area contributed by atoms with Gasteiger partial charge in [0.25, 0.3) is 0 Å². The second kappa shape index (κ2) is 3.11. The first-order valence-corrected chi connectivity index (χ1v) is 4.19. The van der Waals surface area contributed by atoms with Crippen molar-refractivity contribution in [3.8, 4) is 0 Å². The lowest BCUT2D eigenvalue weighted by molar-refractivity contribution is 0.118. The maximum absolute atomic E-state index is 4.23. The Labute approximate surface area is 68.7 Å². The zero-order chi connectivity index (χ0) is 8.43. The van der Waals surface area contributed by atoms with Gasteiger partial charge in [0.05, 0.1) is 0 Å². The van der Waals surface area contributed by atoms with Gasteiger partial charge in [-0.3, -0.25) is 5.01 Å². The van der Waals surface area contributed by atoms with E-state index in [-0.39, 0.29) is 0 Å². The van der Waals surface area contributed by atoms with E-state index >= 15 is 0 Å². The Morgan fingerprint density at radius 3 is 2.55 bits per heavy atom. The van der Waals surface area contributed by atoms with Crippen molar-refractivity contribution in [2.45, 2.75) is 26.9 Å². The molecule has 0 fully saturated rings. The molecule has 1 aliphatic heterocycles. The Kier molecular flexibility index (Phi) is 2.37. The zero-order valence-corrected chi connectivity index (χ0v) is 7.78. The topological polar surface area (TPSA) is 18.8 Å². The van der Waals surface area contributed by atoms with E-state index in [1.165, 1.54) is 0 Å². The number of hydrogen-bond acceptors (Lipinski definition) is 3. The van der Waals surface area contributed by atoms with Gasteiger partial charge in [-0.1, -0.05) is 13.8 Å². The van der Waals surface area contributed by atoms with E-state index in [2.05, 4.69) is 30.8 Å². The highest BCUT2D eigenvalue weighted by Crippen LogP contribution is 2.17. The average Bonchev–Trinajstić information content (AvgIpc) is 2.30. The molecular weight excluding hydrogens is 138 g/mol. The van der Waals surface area contributed by atoms with Crippen LogP contribution in [0.4, 0.5) is 0 Å². The summed E-state index contributed by atoms with van der Waals surface area (Å²) in [6.45, 7) is 7.63. The summed E-state index contributed by atoms with van der Waals surface area (Å²) in [6.07, 6.45) is 2.38. The van der Waals surface area contributed by atoms with Crippen LogP contribution in [-0.4, -0.2) is 36.0 Å². The summed E-state index contributed by atoms with van der Waals surface area (Å²) in [6, 6.07) is 0. The highest BCUT2D eigenvalue weighted by Gasteiger charge is 2.26. The van der Waals surface area contributed by atoms with E-state index < -0.39 is 0 Å². The van der Waals surface area contributed by atoms with Crippen molar-refractivity contribution in [3.63, 3.8) is 0 Å². The Morgan fingerprint density at radius 2 is 2.18 bits per heavy atom. The molecule has 1 atom stereocenters. The van der Waals surface area contributed by atoms with Gasteiger partial charge in [-0.05, 0) is 12.8 Å². The quantitative estimate of drug-likeness (QED) is 0.596. The van der Waals surface area contributed by atoms with E-state index in [9.17, 15) is 0 Å². The fourth-order valence-corrected chi connectivity index (χ4v) is 1.58. The summed E-state index contributed by atoms with van der Waals surface area (Å²) in [5.41, 5.74) is 0. The molecular formula is C8H17N3. The van der Waals surface area contributed by atoms with Crippen molar-refractivity contribution in [2.75, 3.05) is 13.6 Å². The van der Waals surface area contributed by atoms with Crippen LogP contribution < -0.4 is 0 Å². The SMILES string of the molecule is CCN1C=NN(C)C1C(C)C. The molecule has 0 spiro atoms. The monoisotopic (exact) mass is 155 g/mol. The van der Waals surface area contributed by atoms with Gasteiger partial charge in [0, 0.05) is 13.6 Å². The molecule has 0 aromatic rings. The Hall–Kier alpha value is -0.730. The molecule has 3 nitrogen and oxygen atoms in total. The number of rotatable bonds is 2. The summed E-state index contributed by atoms with van der Waals surface area (Å²) in [7, 11) is 2.02. The molecule has 1 unspecified atom stereocenters. The maximum Gasteiger partial charge on any atom is 0.121 e. The first-order valence-electron chi connectivity index (χ1n) is 4.19. The lowest BCUT2D eigenvalue weighted by Gasteiger charge is -2.30. The van der Waals surface area contributed by atoms with Crippen LogP contribution in [0.15, 0.2) is 5.10 Å². The Balaban J connectivity index is 2.62. The average molecular weight is 155 g/mol. The smallest absolute Gasteiger partial charge is 0.121 e. The number of nitrogens with zero attached hydrogens (tertiary/aromatic N) is 3. The first kappa shape index (κ1) is 8.37. The number of hydrazone groups is 1. The summed E-state index contributed by atoms with van der Waals surface area (Å²) in [5.74, 6) is 0.627. The van der Waals surface area contributed by atoms with Crippen LogP contribution in [0.1, 0.15) is 20.8 Å². The summed E-state index contributed by atoms with van der Waals surface area (Å²) in [4.78, 5) is 2.25. The van der Waals surface area contributed by atoms with Gasteiger partial charge in [-0.2, -0.15) is 5.10 Å². The third-order valence-electron chi connectivity index (χ3n) is 2.07. The van der Waals surface area contributed by atoms with Crippen LogP contribution in [-0.2, 0) is 0 Å². The van der Waals surface area contributed by atoms with Crippen molar-refractivity contribution < 1.29 is 0 Å². The van der Waals surface area contributed by atoms with Crippen LogP contribution in [0.5, 0.6) is 0 Å². The molecule has 3 heteroatoms. The molecule has 0 aromatic carbocycles. The van der Waals surface area contributed by atoms with Crippen LogP contribution in [0.25, 0.3) is 0 Å². The molecule has 0 aliphatic carbocycles. The van der Waals surface area contributed by atoms with Crippen LogP contribution in [0, 0.1) is 5.92 Å². The van der Waals surface area contributed by atoms with Crippen molar-refractivity contribution in [3.05, 3.63) is 0 Å². The minimum atomic E-state index is 0.458. The van der Waals surface area contributed by atoms with Gasteiger partial charge in [0.2, 0.25) is 0 Å². The molecule has 0 aromatic heterocycles. The second-order valence-corrected chi connectivity index (χ2v) is 3.29. The normalized spacial score (nSPS) is 23.9. The molecule has 0 N–H and O–H groups in total. The first-order chi connectivity index (χ1) is 5.16. The minimum absolute atomic E-state index is 0.458. The summed E-state index contributed by atoms with van der Waals surface area (Å²) < 4.78 is 0. The second-order valence-electron chi connectivity index (χ2n) is 3.29. The summed E-state index contributed by atoms with van der Waals surface area (Å²) in [5, 5.41) is 6.25. The minimum Gasteiger partial charge on any atom is -0.339 e. The number of hydrogen-bond donors (Lipinski definition) is 0. The van der Waals surface area contributed by atoms with Crippen LogP contribution in [0.2, 0.25) is 0 Å². The lowest BCUT2D eigenvalue weighted by atomic mass is 10.1. The fraction of sp³-hybridized carbons (Fsp3) is 0.875. The molecule has 0 radical (unpaired) electrons. The van der Waals surface area contributed by atoms with E-state index in [0.717, 1.165) is 6.54 Å². The van der Waals surface area contributed by atoms with Gasteiger partial charge >= 0.3 is 0 Å². The summed E-state index contributed by atoms with van der Waals surface area (Å²) >= 11 is 0. The third kappa shape index (κ3) is 1.47. The Bertz CT molecular complexity index is 153. The predicted molar refractivity (Wildman–Crippen MR) is 47.3 cm³/mol. The predicted octanol–water partition coefficient (Wildman–Crippen LogP) is 1.18. The largest absolute Gasteiger partial charge is 0.339 e. The molecule has 0 saturated carbocycles. The molecule has 11 heavy (non-hydrogen) atoms. The van der Waals surface area contributed by atoms with Crippen molar-refractivity contribution in [2.24, 2.45) is 11.0 Å². The molecule has 0 bridgehead atoms. The fourth-order valence-electron chi connectivity index (χ4n) is 1.58. The van der Waals surface area contributed by atoms with Gasteiger partial charge in [-0.15, -0.1) is 0 Å². The van der Waals surface area contributed by atoms with Crippen molar-refractivity contribution in [1.29, 1.82) is 0 Å². The van der Waals surface area contributed by atoms with Crippen LogP contribution >= 0.6 is 0 Å². The van der Waals surface area contributed by atoms with Crippen molar-refractivity contribution >= 4 is 6.34 Å². The molecule has 1 heterocycles. The maximum atomic E-state index is 4.23. The highest BCUT2D eigenvalue weighted by atomic mass is 15.6. The third-order valence-corrected chi connectivity index (χ3v) is 2.07. The standard InChI is InChI=1S/C8H17N3/c1-5-11-6-9-10(4)8(11)7(2)3/h6-8H,5H2,1-4H3. The molecule has 1 rings (SSSR count). The zero-order valence-electron chi connectivity index (χ0n) is 7.78. The van der Waals surface area contributed by atoms with E-state index in [0.29, 0.717) is 12.1 Å². The van der Waals surface area contributed by atoms with Gasteiger partial charge in [0.15, 0.2) is 0 Å². The van der Waals surface area contributed by atoms with E-state index in [4.69, 9.17) is 0 Å². The Morgan fingerprint density at radius 1 is 1.55 bits per heavy atom. The van der Waals surface area contributed by atoms with Gasteiger partial charge in [-0.25, -0.2) is 0 Å². The molecule has 64 valence electrons. The van der Waals surface area contributed by atoms with Gasteiger partial charge in [0.1, 0.15) is 12.5 Å². The van der Waals surface area contributed by atoms with Crippen LogP contribution in [0.3, 0.4) is 0 Å². The van der Waals surface area contributed by atoms with Crippen molar-refractivity contribution in [1.82, 2.24) is 9.91 Å². The van der Waals surface area contributed by atoms with E-state index in [1.807, 2.05) is 18.4 Å². The molecule has 0 amide bonds. The molecule has 1 aliphatic rings. The molecule has 0 saturated heterocycles.